The highest BCUT2D eigenvalue weighted by molar-refractivity contribution is 14.1. The maximum atomic E-state index is 9.11. The third kappa shape index (κ3) is 3.79. The van der Waals surface area contributed by atoms with E-state index in [1.165, 1.54) is 5.56 Å². The largest absolute Gasteiger partial charge is 0.508 e. The van der Waals surface area contributed by atoms with Crippen molar-refractivity contribution in [3.05, 3.63) is 29.8 Å². The Morgan fingerprint density at radius 1 is 1.36 bits per heavy atom. The van der Waals surface area contributed by atoms with Crippen LogP contribution < -0.4 is 14.4 Å². The Hall–Kier alpha value is -0.370. The van der Waals surface area contributed by atoms with Crippen LogP contribution in [0.15, 0.2) is 24.3 Å². The van der Waals surface area contributed by atoms with Crippen LogP contribution in [0.1, 0.15) is 5.56 Å². The smallest absolute Gasteiger partial charge is 0.115 e. The zero-order chi connectivity index (χ0) is 10.4. The van der Waals surface area contributed by atoms with E-state index >= 15 is 0 Å². The second kappa shape index (κ2) is 6.18. The molecular formula is C9H14IN3O. The molecule has 0 amide bonds. The van der Waals surface area contributed by atoms with Crippen molar-refractivity contribution in [3.8, 4) is 5.75 Å². The summed E-state index contributed by atoms with van der Waals surface area (Å²) in [7, 11) is 1.83. The van der Waals surface area contributed by atoms with Crippen LogP contribution in [0.25, 0.3) is 0 Å². The van der Waals surface area contributed by atoms with Crippen molar-refractivity contribution in [2.45, 2.75) is 12.6 Å². The van der Waals surface area contributed by atoms with Gasteiger partial charge in [0.15, 0.2) is 0 Å². The molecule has 1 aromatic carbocycles. The molecule has 0 aliphatic rings. The van der Waals surface area contributed by atoms with Gasteiger partial charge in [-0.3, -0.25) is 5.43 Å². The Morgan fingerprint density at radius 3 is 2.50 bits per heavy atom. The number of halogens is 1. The fraction of sp³-hybridized carbons (Fsp3) is 0.333. The number of hydrogen-bond donors (Lipinski definition) is 4. The molecule has 0 bridgehead atoms. The first kappa shape index (κ1) is 11.7. The highest BCUT2D eigenvalue weighted by Gasteiger charge is 2.05. The number of nitrogens with one attached hydrogen (secondary N) is 3. The molecule has 0 saturated carbocycles. The van der Waals surface area contributed by atoms with Crippen molar-refractivity contribution in [2.75, 3.05) is 7.05 Å². The molecule has 78 valence electrons. The highest BCUT2D eigenvalue weighted by Crippen LogP contribution is 2.10. The normalized spacial score (nSPS) is 12.7. The van der Waals surface area contributed by atoms with Gasteiger partial charge in [0.25, 0.3) is 0 Å². The molecule has 4 N–H and O–H groups in total. The predicted octanol–water partition coefficient (Wildman–Crippen LogP) is 0.924. The van der Waals surface area contributed by atoms with E-state index in [0.717, 1.165) is 6.42 Å². The van der Waals surface area contributed by atoms with Crippen molar-refractivity contribution in [3.63, 3.8) is 0 Å². The number of benzene rings is 1. The lowest BCUT2D eigenvalue weighted by Crippen LogP contribution is -2.45. The van der Waals surface area contributed by atoms with E-state index < -0.39 is 0 Å². The summed E-state index contributed by atoms with van der Waals surface area (Å²) in [4.78, 5) is 0. The first-order valence-corrected chi connectivity index (χ1v) is 5.40. The second-order valence-electron chi connectivity index (χ2n) is 2.93. The average molecular weight is 307 g/mol. The van der Waals surface area contributed by atoms with Crippen LogP contribution in [0.4, 0.5) is 0 Å². The van der Waals surface area contributed by atoms with Gasteiger partial charge in [0.05, 0.1) is 6.17 Å². The Morgan fingerprint density at radius 2 is 2.00 bits per heavy atom. The molecule has 0 aliphatic carbocycles. The van der Waals surface area contributed by atoms with E-state index in [4.69, 9.17) is 5.11 Å². The zero-order valence-electron chi connectivity index (χ0n) is 7.92. The summed E-state index contributed by atoms with van der Waals surface area (Å²) >= 11 is 2.10. The molecule has 0 aliphatic heterocycles. The average Bonchev–Trinajstić information content (AvgIpc) is 2.20. The van der Waals surface area contributed by atoms with Crippen LogP contribution in [0.3, 0.4) is 0 Å². The molecule has 5 heteroatoms. The fourth-order valence-corrected chi connectivity index (χ4v) is 1.53. The van der Waals surface area contributed by atoms with Crippen molar-refractivity contribution >= 4 is 22.9 Å². The minimum atomic E-state index is 0.171. The van der Waals surface area contributed by atoms with Crippen molar-refractivity contribution in [2.24, 2.45) is 0 Å². The van der Waals surface area contributed by atoms with Gasteiger partial charge in [-0.05, 0) is 24.7 Å². The van der Waals surface area contributed by atoms with Crippen LogP contribution >= 0.6 is 22.9 Å². The molecule has 0 aromatic heterocycles. The molecule has 0 saturated heterocycles. The van der Waals surface area contributed by atoms with Gasteiger partial charge in [-0.15, -0.1) is 0 Å². The molecule has 1 atom stereocenters. The Balaban J connectivity index is 2.53. The molecule has 0 heterocycles. The quantitative estimate of drug-likeness (QED) is 0.283. The van der Waals surface area contributed by atoms with Crippen LogP contribution in [-0.2, 0) is 6.42 Å². The lowest BCUT2D eigenvalue weighted by atomic mass is 10.1. The maximum Gasteiger partial charge on any atom is 0.115 e. The molecule has 1 unspecified atom stereocenters. The maximum absolute atomic E-state index is 9.11. The molecule has 1 aromatic rings. The number of rotatable bonds is 5. The molecule has 0 fully saturated rings. The summed E-state index contributed by atoms with van der Waals surface area (Å²) < 4.78 is 3.10. The Labute approximate surface area is 97.6 Å². The van der Waals surface area contributed by atoms with Gasteiger partial charge < -0.3 is 5.11 Å². The summed E-state index contributed by atoms with van der Waals surface area (Å²) in [6, 6.07) is 7.21. The van der Waals surface area contributed by atoms with E-state index in [2.05, 4.69) is 37.2 Å². The third-order valence-corrected chi connectivity index (χ3v) is 2.58. The molecule has 4 nitrogen and oxygen atoms in total. The minimum absolute atomic E-state index is 0.171. The van der Waals surface area contributed by atoms with Crippen LogP contribution in [0.5, 0.6) is 5.75 Å². The SMILES string of the molecule is CNNC(Cc1ccc(O)cc1)NI. The van der Waals surface area contributed by atoms with E-state index in [0.29, 0.717) is 5.75 Å². The molecule has 0 radical (unpaired) electrons. The van der Waals surface area contributed by atoms with E-state index in [1.807, 2.05) is 19.2 Å². The van der Waals surface area contributed by atoms with Gasteiger partial charge in [0.1, 0.15) is 5.75 Å². The lowest BCUT2D eigenvalue weighted by Gasteiger charge is -2.15. The molecule has 0 spiro atoms. The summed E-state index contributed by atoms with van der Waals surface area (Å²) in [6.45, 7) is 0. The number of hydrazine groups is 1. The molecule has 1 rings (SSSR count). The van der Waals surface area contributed by atoms with E-state index in [9.17, 15) is 0 Å². The van der Waals surface area contributed by atoms with Gasteiger partial charge in [-0.2, -0.15) is 0 Å². The van der Waals surface area contributed by atoms with Crippen LogP contribution in [0, 0.1) is 0 Å². The third-order valence-electron chi connectivity index (χ3n) is 1.83. The number of phenolic OH excluding ortho intramolecular Hbond substituents is 1. The van der Waals surface area contributed by atoms with E-state index in [-0.39, 0.29) is 6.17 Å². The number of phenols is 1. The summed E-state index contributed by atoms with van der Waals surface area (Å²) in [6.07, 6.45) is 1.02. The zero-order valence-corrected chi connectivity index (χ0v) is 10.1. The van der Waals surface area contributed by atoms with E-state index in [1.54, 1.807) is 12.1 Å². The molecule has 14 heavy (non-hydrogen) atoms. The van der Waals surface area contributed by atoms with Gasteiger partial charge in [0, 0.05) is 29.3 Å². The fourth-order valence-electron chi connectivity index (χ4n) is 1.16. The van der Waals surface area contributed by atoms with Crippen LogP contribution in [-0.4, -0.2) is 18.3 Å². The minimum Gasteiger partial charge on any atom is -0.508 e. The lowest BCUT2D eigenvalue weighted by molar-refractivity contribution is 0.453. The van der Waals surface area contributed by atoms with Crippen LogP contribution in [0.2, 0.25) is 0 Å². The summed E-state index contributed by atoms with van der Waals surface area (Å²) in [5.74, 6) is 0.300. The summed E-state index contributed by atoms with van der Waals surface area (Å²) in [5, 5.41) is 9.11. The second-order valence-corrected chi connectivity index (χ2v) is 3.55. The van der Waals surface area contributed by atoms with Gasteiger partial charge in [0.2, 0.25) is 0 Å². The van der Waals surface area contributed by atoms with Crippen molar-refractivity contribution in [1.29, 1.82) is 0 Å². The highest BCUT2D eigenvalue weighted by atomic mass is 127. The van der Waals surface area contributed by atoms with Gasteiger partial charge in [-0.25, -0.2) is 8.96 Å². The standard InChI is InChI=1S/C9H14IN3O/c1-11-13-9(12-10)6-7-2-4-8(14)5-3-7/h2-5,9,11-14H,6H2,1H3. The first-order valence-electron chi connectivity index (χ1n) is 4.32. The number of hydrogen-bond acceptors (Lipinski definition) is 4. The number of aromatic hydroxyl groups is 1. The van der Waals surface area contributed by atoms with Gasteiger partial charge >= 0.3 is 0 Å². The van der Waals surface area contributed by atoms with Gasteiger partial charge in [-0.1, -0.05) is 12.1 Å². The molecular weight excluding hydrogens is 293 g/mol. The first-order chi connectivity index (χ1) is 6.76. The Bertz CT molecular complexity index is 265. The predicted molar refractivity (Wildman–Crippen MR) is 64.9 cm³/mol. The summed E-state index contributed by atoms with van der Waals surface area (Å²) in [5.41, 5.74) is 7.11. The topological polar surface area (TPSA) is 56.3 Å². The van der Waals surface area contributed by atoms with Crippen molar-refractivity contribution < 1.29 is 5.11 Å². The Kier molecular flexibility index (Phi) is 5.16. The van der Waals surface area contributed by atoms with Crippen molar-refractivity contribution in [1.82, 2.24) is 14.4 Å². The monoisotopic (exact) mass is 307 g/mol.